The summed E-state index contributed by atoms with van der Waals surface area (Å²) in [5.41, 5.74) is 0.961. The third-order valence-corrected chi connectivity index (χ3v) is 3.12. The van der Waals surface area contributed by atoms with Gasteiger partial charge in [0.15, 0.2) is 0 Å². The van der Waals surface area contributed by atoms with Crippen LogP contribution in [0.25, 0.3) is 0 Å². The third kappa shape index (κ3) is 2.40. The van der Waals surface area contributed by atoms with E-state index in [1.165, 1.54) is 12.1 Å². The minimum absolute atomic E-state index is 0.120. The van der Waals surface area contributed by atoms with Gasteiger partial charge in [-0.15, -0.1) is 0 Å². The number of halogens is 1. The highest BCUT2D eigenvalue weighted by Crippen LogP contribution is 2.15. The molecule has 0 aromatic heterocycles. The molecule has 2 nitrogen and oxygen atoms in total. The highest BCUT2D eigenvalue weighted by Gasteiger charge is 2.07. The SMILES string of the molecule is O=S(=O)(Cl)c1ccc(CS)cc1. The Balaban J connectivity index is 3.09. The summed E-state index contributed by atoms with van der Waals surface area (Å²) in [5, 5.41) is 0. The fourth-order valence-corrected chi connectivity index (χ4v) is 1.74. The van der Waals surface area contributed by atoms with Gasteiger partial charge in [0.25, 0.3) is 9.05 Å². The Labute approximate surface area is 81.4 Å². The quantitative estimate of drug-likeness (QED) is 0.614. The molecule has 0 unspecified atom stereocenters. The first-order chi connectivity index (χ1) is 5.54. The zero-order chi connectivity index (χ0) is 9.19. The van der Waals surface area contributed by atoms with Crippen molar-refractivity contribution in [2.24, 2.45) is 0 Å². The van der Waals surface area contributed by atoms with Crippen LogP contribution in [0.5, 0.6) is 0 Å². The fourth-order valence-electron chi connectivity index (χ4n) is 0.757. The van der Waals surface area contributed by atoms with Gasteiger partial charge < -0.3 is 0 Å². The van der Waals surface area contributed by atoms with Crippen LogP contribution in [0.3, 0.4) is 0 Å². The predicted molar refractivity (Wildman–Crippen MR) is 52.2 cm³/mol. The first kappa shape index (κ1) is 9.89. The van der Waals surface area contributed by atoms with E-state index in [-0.39, 0.29) is 4.90 Å². The zero-order valence-corrected chi connectivity index (χ0v) is 8.53. The maximum atomic E-state index is 10.8. The van der Waals surface area contributed by atoms with Crippen molar-refractivity contribution < 1.29 is 8.42 Å². The van der Waals surface area contributed by atoms with Gasteiger partial charge >= 0.3 is 0 Å². The van der Waals surface area contributed by atoms with Crippen molar-refractivity contribution in [3.63, 3.8) is 0 Å². The summed E-state index contributed by atoms with van der Waals surface area (Å²) in [5.74, 6) is 0.586. The molecular weight excluding hydrogens is 216 g/mol. The van der Waals surface area contributed by atoms with E-state index >= 15 is 0 Å². The summed E-state index contributed by atoms with van der Waals surface area (Å²) in [6, 6.07) is 6.30. The average molecular weight is 223 g/mol. The van der Waals surface area contributed by atoms with E-state index in [2.05, 4.69) is 12.6 Å². The largest absolute Gasteiger partial charge is 0.261 e. The monoisotopic (exact) mass is 222 g/mol. The molecule has 0 aliphatic carbocycles. The summed E-state index contributed by atoms with van der Waals surface area (Å²) < 4.78 is 21.6. The predicted octanol–water partition coefficient (Wildman–Crippen LogP) is 2.04. The summed E-state index contributed by atoms with van der Waals surface area (Å²) in [4.78, 5) is 0.120. The number of thiol groups is 1. The van der Waals surface area contributed by atoms with Crippen LogP contribution < -0.4 is 0 Å². The van der Waals surface area contributed by atoms with E-state index in [1.807, 2.05) is 0 Å². The highest BCUT2D eigenvalue weighted by molar-refractivity contribution is 8.13. The first-order valence-corrected chi connectivity index (χ1v) is 6.12. The Morgan fingerprint density at radius 1 is 1.25 bits per heavy atom. The Hall–Kier alpha value is -0.190. The van der Waals surface area contributed by atoms with E-state index in [1.54, 1.807) is 12.1 Å². The van der Waals surface area contributed by atoms with Gasteiger partial charge in [0.1, 0.15) is 0 Å². The minimum atomic E-state index is -3.58. The molecule has 0 saturated heterocycles. The number of benzene rings is 1. The van der Waals surface area contributed by atoms with Crippen molar-refractivity contribution in [2.75, 3.05) is 0 Å². The van der Waals surface area contributed by atoms with Gasteiger partial charge in [-0.1, -0.05) is 12.1 Å². The molecule has 0 aliphatic heterocycles. The second kappa shape index (κ2) is 3.68. The molecule has 66 valence electrons. The van der Waals surface area contributed by atoms with Crippen molar-refractivity contribution in [3.8, 4) is 0 Å². The van der Waals surface area contributed by atoms with Gasteiger partial charge in [0.2, 0.25) is 0 Å². The first-order valence-electron chi connectivity index (χ1n) is 3.18. The van der Waals surface area contributed by atoms with E-state index < -0.39 is 9.05 Å². The molecule has 0 fully saturated rings. The van der Waals surface area contributed by atoms with Crippen molar-refractivity contribution in [1.29, 1.82) is 0 Å². The third-order valence-electron chi connectivity index (χ3n) is 1.39. The summed E-state index contributed by atoms with van der Waals surface area (Å²) in [7, 11) is 1.53. The molecule has 1 aromatic carbocycles. The highest BCUT2D eigenvalue weighted by atomic mass is 35.7. The molecule has 0 amide bonds. The van der Waals surface area contributed by atoms with Crippen LogP contribution in [0.4, 0.5) is 0 Å². The van der Waals surface area contributed by atoms with E-state index in [0.29, 0.717) is 5.75 Å². The molecule has 1 aromatic rings. The van der Waals surface area contributed by atoms with Crippen molar-refractivity contribution in [3.05, 3.63) is 29.8 Å². The van der Waals surface area contributed by atoms with Crippen LogP contribution >= 0.6 is 23.3 Å². The number of rotatable bonds is 2. The van der Waals surface area contributed by atoms with E-state index in [4.69, 9.17) is 10.7 Å². The summed E-state index contributed by atoms with van der Waals surface area (Å²) in [6.07, 6.45) is 0. The molecular formula is C7H7ClO2S2. The lowest BCUT2D eigenvalue weighted by Gasteiger charge is -1.97. The molecule has 0 radical (unpaired) electrons. The molecule has 0 atom stereocenters. The van der Waals surface area contributed by atoms with Crippen LogP contribution in [0.15, 0.2) is 29.2 Å². The molecule has 0 N–H and O–H groups in total. The van der Waals surface area contributed by atoms with Crippen LogP contribution in [-0.4, -0.2) is 8.42 Å². The Morgan fingerprint density at radius 3 is 2.08 bits per heavy atom. The zero-order valence-electron chi connectivity index (χ0n) is 6.07. The maximum absolute atomic E-state index is 10.8. The number of hydrogen-bond donors (Lipinski definition) is 1. The Bertz CT molecular complexity index is 355. The van der Waals surface area contributed by atoms with Gasteiger partial charge in [-0.3, -0.25) is 0 Å². The summed E-state index contributed by atoms with van der Waals surface area (Å²) >= 11 is 4.03. The van der Waals surface area contributed by atoms with E-state index in [9.17, 15) is 8.42 Å². The second-order valence-electron chi connectivity index (χ2n) is 2.24. The molecule has 0 bridgehead atoms. The second-order valence-corrected chi connectivity index (χ2v) is 5.12. The topological polar surface area (TPSA) is 34.1 Å². The molecule has 12 heavy (non-hydrogen) atoms. The molecule has 0 heterocycles. The van der Waals surface area contributed by atoms with Crippen LogP contribution in [-0.2, 0) is 14.8 Å². The lowest BCUT2D eigenvalue weighted by Crippen LogP contribution is -1.90. The molecule has 0 saturated carbocycles. The van der Waals surface area contributed by atoms with Crippen LogP contribution in [0.1, 0.15) is 5.56 Å². The van der Waals surface area contributed by atoms with Crippen LogP contribution in [0, 0.1) is 0 Å². The normalized spacial score (nSPS) is 11.5. The minimum Gasteiger partial charge on any atom is -0.207 e. The van der Waals surface area contributed by atoms with Crippen molar-refractivity contribution >= 4 is 32.4 Å². The smallest absolute Gasteiger partial charge is 0.207 e. The molecule has 5 heteroatoms. The molecule has 0 aliphatic rings. The van der Waals surface area contributed by atoms with Crippen LogP contribution in [0.2, 0.25) is 0 Å². The van der Waals surface area contributed by atoms with Gasteiger partial charge in [-0.05, 0) is 17.7 Å². The summed E-state index contributed by atoms with van der Waals surface area (Å²) in [6.45, 7) is 0. The molecule has 0 spiro atoms. The number of hydrogen-bond acceptors (Lipinski definition) is 3. The molecule has 1 rings (SSSR count). The van der Waals surface area contributed by atoms with E-state index in [0.717, 1.165) is 5.56 Å². The average Bonchev–Trinajstić information content (AvgIpc) is 2.03. The van der Waals surface area contributed by atoms with Crippen molar-refractivity contribution in [2.45, 2.75) is 10.6 Å². The van der Waals surface area contributed by atoms with Crippen molar-refractivity contribution in [1.82, 2.24) is 0 Å². The standard InChI is InChI=1S/C7H7ClO2S2/c8-12(9,10)7-3-1-6(5-11)2-4-7/h1-4,11H,5H2. The Morgan fingerprint density at radius 2 is 1.75 bits per heavy atom. The van der Waals surface area contributed by atoms with Gasteiger partial charge in [-0.25, -0.2) is 8.42 Å². The Kier molecular flexibility index (Phi) is 3.04. The van der Waals surface area contributed by atoms with Gasteiger partial charge in [0.05, 0.1) is 4.90 Å². The lowest BCUT2D eigenvalue weighted by atomic mass is 10.2. The lowest BCUT2D eigenvalue weighted by molar-refractivity contribution is 0.609. The fraction of sp³-hybridized carbons (Fsp3) is 0.143. The van der Waals surface area contributed by atoms with Gasteiger partial charge in [0, 0.05) is 16.4 Å². The maximum Gasteiger partial charge on any atom is 0.261 e. The van der Waals surface area contributed by atoms with Gasteiger partial charge in [-0.2, -0.15) is 12.6 Å².